The number of carboxylic acids is 1. The number of aryl methyl sites for hydroxylation is 1. The molecule has 114 valence electrons. The molecule has 2 N–H and O–H groups in total. The molecule has 0 spiro atoms. The zero-order chi connectivity index (χ0) is 16.3. The molecule has 0 radical (unpaired) electrons. The molecule has 1 aromatic carbocycles. The summed E-state index contributed by atoms with van der Waals surface area (Å²) in [4.78, 5) is 25.5. The van der Waals surface area contributed by atoms with E-state index in [1.54, 1.807) is 24.3 Å². The molecule has 2 rings (SSSR count). The van der Waals surface area contributed by atoms with Crippen LogP contribution in [0.25, 0.3) is 0 Å². The zero-order valence-electron chi connectivity index (χ0n) is 11.9. The minimum atomic E-state index is -1.26. The van der Waals surface area contributed by atoms with Crippen LogP contribution >= 0.6 is 0 Å². The first-order valence-corrected chi connectivity index (χ1v) is 6.22. The quantitative estimate of drug-likeness (QED) is 0.644. The van der Waals surface area contributed by atoms with Crippen molar-refractivity contribution >= 4 is 23.2 Å². The van der Waals surface area contributed by atoms with Crippen LogP contribution in [0.1, 0.15) is 16.1 Å². The number of aromatic nitrogens is 1. The highest BCUT2D eigenvalue weighted by Crippen LogP contribution is 2.28. The van der Waals surface area contributed by atoms with Crippen LogP contribution in [0.15, 0.2) is 30.3 Å². The van der Waals surface area contributed by atoms with Crippen LogP contribution in [0.2, 0.25) is 0 Å². The Morgan fingerprint density at radius 2 is 2.00 bits per heavy atom. The minimum absolute atomic E-state index is 0.0160. The van der Waals surface area contributed by atoms with Gasteiger partial charge in [-0.05, 0) is 31.2 Å². The summed E-state index contributed by atoms with van der Waals surface area (Å²) in [5, 5.41) is 22.9. The van der Waals surface area contributed by atoms with Crippen LogP contribution in [-0.2, 0) is 0 Å². The SMILES string of the molecule is COc1ccc(Nc2nc(C)c(C(=O)O)cc2[N+](=O)[O-])cc1. The number of aromatic carboxylic acids is 1. The summed E-state index contributed by atoms with van der Waals surface area (Å²) < 4.78 is 5.03. The number of nitro groups is 1. The van der Waals surface area contributed by atoms with Gasteiger partial charge in [0.1, 0.15) is 5.75 Å². The van der Waals surface area contributed by atoms with Crippen LogP contribution in [0.5, 0.6) is 5.75 Å². The summed E-state index contributed by atoms with van der Waals surface area (Å²) in [6.45, 7) is 1.48. The predicted molar refractivity (Wildman–Crippen MR) is 78.9 cm³/mol. The fraction of sp³-hybridized carbons (Fsp3) is 0.143. The number of rotatable bonds is 5. The van der Waals surface area contributed by atoms with E-state index in [9.17, 15) is 14.9 Å². The van der Waals surface area contributed by atoms with E-state index in [-0.39, 0.29) is 17.1 Å². The van der Waals surface area contributed by atoms with Gasteiger partial charge in [-0.25, -0.2) is 9.78 Å². The number of ether oxygens (including phenoxy) is 1. The fourth-order valence-electron chi connectivity index (χ4n) is 1.85. The number of carbonyl (C=O) groups is 1. The second-order valence-corrected chi connectivity index (χ2v) is 4.40. The van der Waals surface area contributed by atoms with Crippen molar-refractivity contribution < 1.29 is 19.6 Å². The normalized spacial score (nSPS) is 10.1. The molecule has 0 unspecified atom stereocenters. The molecule has 8 nitrogen and oxygen atoms in total. The Hall–Kier alpha value is -3.16. The lowest BCUT2D eigenvalue weighted by atomic mass is 10.2. The number of methoxy groups -OCH3 is 1. The van der Waals surface area contributed by atoms with E-state index < -0.39 is 16.6 Å². The maximum atomic E-state index is 11.1. The van der Waals surface area contributed by atoms with E-state index in [4.69, 9.17) is 9.84 Å². The smallest absolute Gasteiger partial charge is 0.337 e. The van der Waals surface area contributed by atoms with Crippen molar-refractivity contribution in [3.63, 3.8) is 0 Å². The van der Waals surface area contributed by atoms with E-state index in [0.717, 1.165) is 6.07 Å². The van der Waals surface area contributed by atoms with Crippen LogP contribution < -0.4 is 10.1 Å². The number of anilines is 2. The zero-order valence-corrected chi connectivity index (χ0v) is 11.9. The topological polar surface area (TPSA) is 115 Å². The van der Waals surface area contributed by atoms with Crippen molar-refractivity contribution in [2.45, 2.75) is 6.92 Å². The Morgan fingerprint density at radius 3 is 2.50 bits per heavy atom. The number of nitrogens with zero attached hydrogens (tertiary/aromatic N) is 2. The number of hydrogen-bond acceptors (Lipinski definition) is 6. The van der Waals surface area contributed by atoms with E-state index in [0.29, 0.717) is 11.4 Å². The third-order valence-corrected chi connectivity index (χ3v) is 2.97. The monoisotopic (exact) mass is 303 g/mol. The number of pyridine rings is 1. The molecule has 0 amide bonds. The molecule has 0 fully saturated rings. The Labute approximate surface area is 125 Å². The van der Waals surface area contributed by atoms with Crippen LogP contribution in [0.4, 0.5) is 17.2 Å². The molecule has 0 bridgehead atoms. The van der Waals surface area contributed by atoms with E-state index in [1.165, 1.54) is 14.0 Å². The molecule has 1 aromatic heterocycles. The summed E-state index contributed by atoms with van der Waals surface area (Å²) in [5.74, 6) is -0.632. The third kappa shape index (κ3) is 3.11. The van der Waals surface area contributed by atoms with Crippen LogP contribution in [0.3, 0.4) is 0 Å². The van der Waals surface area contributed by atoms with Crippen molar-refractivity contribution in [2.75, 3.05) is 12.4 Å². The average Bonchev–Trinajstić information content (AvgIpc) is 2.47. The Kier molecular flexibility index (Phi) is 4.21. The van der Waals surface area contributed by atoms with Crippen LogP contribution in [-0.4, -0.2) is 28.1 Å². The van der Waals surface area contributed by atoms with Gasteiger partial charge in [0.15, 0.2) is 0 Å². The van der Waals surface area contributed by atoms with Gasteiger partial charge in [0.05, 0.1) is 23.3 Å². The predicted octanol–water partition coefficient (Wildman–Crippen LogP) is 2.75. The van der Waals surface area contributed by atoms with Gasteiger partial charge in [-0.1, -0.05) is 0 Å². The van der Waals surface area contributed by atoms with Gasteiger partial charge >= 0.3 is 11.7 Å². The fourth-order valence-corrected chi connectivity index (χ4v) is 1.85. The summed E-state index contributed by atoms with van der Waals surface area (Å²) in [7, 11) is 1.53. The van der Waals surface area contributed by atoms with Gasteiger partial charge in [-0.3, -0.25) is 10.1 Å². The molecule has 0 aliphatic heterocycles. The lowest BCUT2D eigenvalue weighted by Crippen LogP contribution is -2.07. The lowest BCUT2D eigenvalue weighted by Gasteiger charge is -2.09. The number of nitrogens with one attached hydrogen (secondary N) is 1. The van der Waals surface area contributed by atoms with E-state index >= 15 is 0 Å². The first-order valence-electron chi connectivity index (χ1n) is 6.22. The van der Waals surface area contributed by atoms with Crippen molar-refractivity contribution in [1.82, 2.24) is 4.98 Å². The highest BCUT2D eigenvalue weighted by molar-refractivity contribution is 5.90. The van der Waals surface area contributed by atoms with E-state index in [2.05, 4.69) is 10.3 Å². The standard InChI is InChI=1S/C14H13N3O5/c1-8-11(14(18)19)7-12(17(20)21)13(15-8)16-9-3-5-10(22-2)6-4-9/h3-7H,1-2H3,(H,15,16)(H,18,19). The van der Waals surface area contributed by atoms with Crippen molar-refractivity contribution in [1.29, 1.82) is 0 Å². The molecule has 0 aliphatic rings. The summed E-state index contributed by atoms with van der Waals surface area (Å²) in [6.07, 6.45) is 0. The van der Waals surface area contributed by atoms with Crippen LogP contribution in [0, 0.1) is 17.0 Å². The van der Waals surface area contributed by atoms with E-state index in [1.807, 2.05) is 0 Å². The Bertz CT molecular complexity index is 728. The molecule has 0 saturated carbocycles. The average molecular weight is 303 g/mol. The second-order valence-electron chi connectivity index (χ2n) is 4.40. The summed E-state index contributed by atoms with van der Waals surface area (Å²) >= 11 is 0. The van der Waals surface area contributed by atoms with Crippen molar-refractivity contribution in [2.24, 2.45) is 0 Å². The largest absolute Gasteiger partial charge is 0.497 e. The molecule has 2 aromatic rings. The maximum absolute atomic E-state index is 11.1. The first kappa shape index (κ1) is 15.2. The maximum Gasteiger partial charge on any atom is 0.337 e. The first-order chi connectivity index (χ1) is 10.4. The second kappa shape index (κ2) is 6.08. The molecule has 8 heteroatoms. The number of hydrogen-bond donors (Lipinski definition) is 2. The molecule has 0 aliphatic carbocycles. The van der Waals surface area contributed by atoms with Crippen molar-refractivity contribution in [3.8, 4) is 5.75 Å². The Morgan fingerprint density at radius 1 is 1.36 bits per heavy atom. The lowest BCUT2D eigenvalue weighted by molar-refractivity contribution is -0.384. The van der Waals surface area contributed by atoms with Gasteiger partial charge in [0.25, 0.3) is 0 Å². The van der Waals surface area contributed by atoms with Gasteiger partial charge in [0.2, 0.25) is 5.82 Å². The molecule has 0 atom stereocenters. The molecule has 1 heterocycles. The number of carboxylic acid groups (broad SMARTS) is 1. The molecular weight excluding hydrogens is 290 g/mol. The van der Waals surface area contributed by atoms with Gasteiger partial charge < -0.3 is 15.2 Å². The third-order valence-electron chi connectivity index (χ3n) is 2.97. The van der Waals surface area contributed by atoms with Gasteiger partial charge in [0, 0.05) is 11.8 Å². The minimum Gasteiger partial charge on any atom is -0.497 e. The van der Waals surface area contributed by atoms with Gasteiger partial charge in [-0.2, -0.15) is 0 Å². The molecule has 0 saturated heterocycles. The van der Waals surface area contributed by atoms with Crippen molar-refractivity contribution in [3.05, 3.63) is 51.7 Å². The molecular formula is C14H13N3O5. The summed E-state index contributed by atoms with van der Waals surface area (Å²) in [5.41, 5.74) is 0.152. The Balaban J connectivity index is 2.42. The van der Waals surface area contributed by atoms with Gasteiger partial charge in [-0.15, -0.1) is 0 Å². The molecule has 22 heavy (non-hydrogen) atoms. The highest BCUT2D eigenvalue weighted by atomic mass is 16.6. The summed E-state index contributed by atoms with van der Waals surface area (Å²) in [6, 6.07) is 7.71. The highest BCUT2D eigenvalue weighted by Gasteiger charge is 2.21. The number of benzene rings is 1.